The molecule has 1 aliphatic rings. The van der Waals surface area contributed by atoms with Gasteiger partial charge in [0, 0.05) is 18.3 Å². The summed E-state index contributed by atoms with van der Waals surface area (Å²) in [6, 6.07) is 1.93. The monoisotopic (exact) mass is 234 g/mol. The van der Waals surface area contributed by atoms with Gasteiger partial charge in [-0.25, -0.2) is 4.98 Å². The third-order valence-corrected chi connectivity index (χ3v) is 4.68. The molecule has 0 spiro atoms. The molecule has 2 rings (SSSR count). The molecule has 0 radical (unpaired) electrons. The van der Waals surface area contributed by atoms with E-state index in [9.17, 15) is 0 Å². The lowest BCUT2D eigenvalue weighted by Crippen LogP contribution is -2.10. The zero-order chi connectivity index (χ0) is 12.8. The van der Waals surface area contributed by atoms with Gasteiger partial charge in [-0.15, -0.1) is 0 Å². The van der Waals surface area contributed by atoms with Gasteiger partial charge < -0.3 is 11.1 Å². The van der Waals surface area contributed by atoms with E-state index < -0.39 is 0 Å². The number of hydrogen-bond acceptors (Lipinski definition) is 4. The normalized spacial score (nSPS) is 21.2. The Morgan fingerprint density at radius 1 is 1.24 bits per heavy atom. The molecule has 4 nitrogen and oxygen atoms in total. The van der Waals surface area contributed by atoms with Crippen molar-refractivity contribution >= 4 is 11.8 Å². The summed E-state index contributed by atoms with van der Waals surface area (Å²) in [5, 5.41) is 3.37. The maximum atomic E-state index is 5.63. The van der Waals surface area contributed by atoms with Crippen molar-refractivity contribution in [2.45, 2.75) is 34.6 Å². The average Bonchev–Trinajstić information content (AvgIpc) is 2.53. The number of nitrogens with two attached hydrogens (primary N) is 1. The number of nitrogens with zero attached hydrogens (tertiary/aromatic N) is 2. The zero-order valence-corrected chi connectivity index (χ0v) is 11.3. The van der Waals surface area contributed by atoms with Crippen molar-refractivity contribution in [2.24, 2.45) is 16.7 Å². The van der Waals surface area contributed by atoms with Crippen molar-refractivity contribution in [2.75, 3.05) is 17.6 Å². The minimum absolute atomic E-state index is 0.335. The Kier molecular flexibility index (Phi) is 2.56. The third-order valence-electron chi connectivity index (χ3n) is 4.68. The molecule has 0 unspecified atom stereocenters. The molecule has 3 N–H and O–H groups in total. The first-order valence-corrected chi connectivity index (χ1v) is 6.10. The number of nitrogen functional groups attached to an aromatic ring is 1. The third kappa shape index (κ3) is 1.96. The van der Waals surface area contributed by atoms with Crippen molar-refractivity contribution in [3.05, 3.63) is 11.8 Å². The van der Waals surface area contributed by atoms with Crippen LogP contribution >= 0.6 is 0 Å². The van der Waals surface area contributed by atoms with Gasteiger partial charge in [-0.3, -0.25) is 0 Å². The number of nitrogens with one attached hydrogen (secondary N) is 1. The van der Waals surface area contributed by atoms with E-state index in [0.717, 1.165) is 18.1 Å². The molecule has 0 bridgehead atoms. The summed E-state index contributed by atoms with van der Waals surface area (Å²) < 4.78 is 0. The second-order valence-electron chi connectivity index (χ2n) is 6.13. The Morgan fingerprint density at radius 3 is 2.29 bits per heavy atom. The number of rotatable bonds is 3. The first-order chi connectivity index (χ1) is 7.75. The molecule has 0 aromatic carbocycles. The largest absolute Gasteiger partial charge is 0.370 e. The first kappa shape index (κ1) is 12.1. The van der Waals surface area contributed by atoms with Crippen LogP contribution in [0.1, 0.15) is 33.4 Å². The minimum atomic E-state index is 0.335. The fourth-order valence-corrected chi connectivity index (χ4v) is 2.73. The molecule has 17 heavy (non-hydrogen) atoms. The lowest BCUT2D eigenvalue weighted by atomic mass is 10.0. The fourth-order valence-electron chi connectivity index (χ4n) is 2.73. The molecule has 1 heterocycles. The van der Waals surface area contributed by atoms with E-state index in [1.165, 1.54) is 0 Å². The second-order valence-corrected chi connectivity index (χ2v) is 6.13. The van der Waals surface area contributed by atoms with Gasteiger partial charge >= 0.3 is 0 Å². The van der Waals surface area contributed by atoms with E-state index in [1.807, 2.05) is 13.0 Å². The van der Waals surface area contributed by atoms with Crippen LogP contribution in [0.15, 0.2) is 6.07 Å². The van der Waals surface area contributed by atoms with Crippen LogP contribution in [0, 0.1) is 23.7 Å². The number of anilines is 2. The van der Waals surface area contributed by atoms with Gasteiger partial charge in [0.05, 0.1) is 0 Å². The second kappa shape index (κ2) is 3.59. The van der Waals surface area contributed by atoms with Crippen LogP contribution in [0.4, 0.5) is 11.8 Å². The highest BCUT2D eigenvalue weighted by molar-refractivity contribution is 5.40. The van der Waals surface area contributed by atoms with E-state index in [0.29, 0.717) is 22.7 Å². The van der Waals surface area contributed by atoms with Crippen LogP contribution < -0.4 is 11.1 Å². The Hall–Kier alpha value is -1.32. The van der Waals surface area contributed by atoms with E-state index >= 15 is 0 Å². The molecule has 1 fully saturated rings. The summed E-state index contributed by atoms with van der Waals surface area (Å²) >= 11 is 0. The first-order valence-electron chi connectivity index (χ1n) is 6.10. The molecule has 0 aliphatic heterocycles. The van der Waals surface area contributed by atoms with Crippen LogP contribution in [-0.4, -0.2) is 16.5 Å². The van der Waals surface area contributed by atoms with Gasteiger partial charge in [0.25, 0.3) is 0 Å². The molecular formula is C13H22N4. The van der Waals surface area contributed by atoms with Gasteiger partial charge in [0.15, 0.2) is 0 Å². The summed E-state index contributed by atoms with van der Waals surface area (Å²) in [7, 11) is 0. The van der Waals surface area contributed by atoms with Crippen molar-refractivity contribution in [3.8, 4) is 0 Å². The van der Waals surface area contributed by atoms with Gasteiger partial charge in [-0.05, 0) is 23.7 Å². The highest BCUT2D eigenvalue weighted by Crippen LogP contribution is 2.68. The van der Waals surface area contributed by atoms with Crippen molar-refractivity contribution < 1.29 is 0 Å². The predicted molar refractivity (Wildman–Crippen MR) is 70.7 cm³/mol. The molecule has 0 atom stereocenters. The van der Waals surface area contributed by atoms with E-state index in [-0.39, 0.29) is 0 Å². The van der Waals surface area contributed by atoms with Gasteiger partial charge in [-0.1, -0.05) is 27.7 Å². The predicted octanol–water partition coefficient (Wildman–Crippen LogP) is 2.46. The highest BCUT2D eigenvalue weighted by Gasteiger charge is 2.64. The molecule has 0 saturated heterocycles. The molecule has 0 amide bonds. The van der Waals surface area contributed by atoms with Crippen LogP contribution in [0.25, 0.3) is 0 Å². The van der Waals surface area contributed by atoms with Crippen molar-refractivity contribution in [1.29, 1.82) is 0 Å². The molecule has 1 saturated carbocycles. The van der Waals surface area contributed by atoms with Crippen LogP contribution in [0.3, 0.4) is 0 Å². The molecule has 94 valence electrons. The Labute approximate surface area is 103 Å². The summed E-state index contributed by atoms with van der Waals surface area (Å²) in [6.45, 7) is 12.1. The Morgan fingerprint density at radius 2 is 1.82 bits per heavy atom. The van der Waals surface area contributed by atoms with E-state index in [4.69, 9.17) is 5.73 Å². The molecule has 4 heteroatoms. The molecular weight excluding hydrogens is 212 g/mol. The maximum Gasteiger partial charge on any atom is 0.222 e. The Balaban J connectivity index is 2.00. The SMILES string of the molecule is Cc1cc(NCC2C(C)(C)C2(C)C)nc(N)n1. The standard InChI is InChI=1S/C13H22N4/c1-8-6-10(17-11(14)16-8)15-7-9-12(2,3)13(9,4)5/h6,9H,7H2,1-5H3,(H3,14,15,16,17). The zero-order valence-electron chi connectivity index (χ0n) is 11.3. The summed E-state index contributed by atoms with van der Waals surface area (Å²) in [5.41, 5.74) is 7.32. The Bertz CT molecular complexity index is 403. The molecule has 1 aliphatic carbocycles. The topological polar surface area (TPSA) is 63.8 Å². The van der Waals surface area contributed by atoms with Crippen molar-refractivity contribution in [3.63, 3.8) is 0 Å². The van der Waals surface area contributed by atoms with Crippen LogP contribution in [-0.2, 0) is 0 Å². The molecule has 1 aromatic rings. The number of hydrogen-bond donors (Lipinski definition) is 2. The van der Waals surface area contributed by atoms with Gasteiger partial charge in [0.1, 0.15) is 5.82 Å². The summed E-state index contributed by atoms with van der Waals surface area (Å²) in [5.74, 6) is 1.84. The summed E-state index contributed by atoms with van der Waals surface area (Å²) in [6.07, 6.45) is 0. The van der Waals surface area contributed by atoms with Crippen molar-refractivity contribution in [1.82, 2.24) is 9.97 Å². The van der Waals surface area contributed by atoms with Gasteiger partial charge in [-0.2, -0.15) is 4.98 Å². The lowest BCUT2D eigenvalue weighted by molar-refractivity contribution is 0.457. The molecule has 1 aromatic heterocycles. The van der Waals surface area contributed by atoms with Gasteiger partial charge in [0.2, 0.25) is 5.95 Å². The fraction of sp³-hybridized carbons (Fsp3) is 0.692. The highest BCUT2D eigenvalue weighted by atomic mass is 15.1. The quantitative estimate of drug-likeness (QED) is 0.843. The lowest BCUT2D eigenvalue weighted by Gasteiger charge is -2.07. The maximum absolute atomic E-state index is 5.63. The average molecular weight is 234 g/mol. The summed E-state index contributed by atoms with van der Waals surface area (Å²) in [4.78, 5) is 8.25. The van der Waals surface area contributed by atoms with Crippen LogP contribution in [0.2, 0.25) is 0 Å². The minimum Gasteiger partial charge on any atom is -0.370 e. The smallest absolute Gasteiger partial charge is 0.222 e. The van der Waals surface area contributed by atoms with E-state index in [2.05, 4.69) is 43.0 Å². The van der Waals surface area contributed by atoms with Crippen LogP contribution in [0.5, 0.6) is 0 Å². The number of aryl methyl sites for hydroxylation is 1. The van der Waals surface area contributed by atoms with E-state index in [1.54, 1.807) is 0 Å². The number of aromatic nitrogens is 2.